The number of amides is 2. The Kier molecular flexibility index (Phi) is 3.26. The van der Waals surface area contributed by atoms with Gasteiger partial charge in [-0.05, 0) is 30.0 Å². The Morgan fingerprint density at radius 3 is 2.32 bits per heavy atom. The molecule has 0 spiro atoms. The molecule has 0 atom stereocenters. The first-order valence-electron chi connectivity index (χ1n) is 7.02. The standard InChI is InChI=1S/C16H18N4O2/c1-20-9-12(6-13(20)14(17)21)19-15(22)16(18)7-10-4-2-3-5-11(10)8-16/h2-6,9H,7-8,18H2,1H3,(H2,17,21)(H,19,22). The summed E-state index contributed by atoms with van der Waals surface area (Å²) in [5.41, 5.74) is 13.6. The molecule has 114 valence electrons. The summed E-state index contributed by atoms with van der Waals surface area (Å²) in [4.78, 5) is 23.8. The van der Waals surface area contributed by atoms with Crippen molar-refractivity contribution in [3.8, 4) is 0 Å². The van der Waals surface area contributed by atoms with Gasteiger partial charge < -0.3 is 21.4 Å². The maximum absolute atomic E-state index is 12.5. The lowest BCUT2D eigenvalue weighted by molar-refractivity contribution is -0.120. The number of rotatable bonds is 3. The monoisotopic (exact) mass is 298 g/mol. The van der Waals surface area contributed by atoms with E-state index in [1.807, 2.05) is 24.3 Å². The van der Waals surface area contributed by atoms with Crippen molar-refractivity contribution in [3.63, 3.8) is 0 Å². The van der Waals surface area contributed by atoms with Gasteiger partial charge in [-0.15, -0.1) is 0 Å². The first kappa shape index (κ1) is 14.3. The van der Waals surface area contributed by atoms with Crippen LogP contribution in [0.25, 0.3) is 0 Å². The van der Waals surface area contributed by atoms with Gasteiger partial charge in [0.05, 0.1) is 5.69 Å². The van der Waals surface area contributed by atoms with E-state index in [0.29, 0.717) is 24.2 Å². The number of carbonyl (C=O) groups is 2. The summed E-state index contributed by atoms with van der Waals surface area (Å²) < 4.78 is 1.57. The molecular weight excluding hydrogens is 280 g/mol. The number of anilines is 1. The van der Waals surface area contributed by atoms with Gasteiger partial charge in [-0.1, -0.05) is 24.3 Å². The minimum absolute atomic E-state index is 0.259. The maximum atomic E-state index is 12.5. The van der Waals surface area contributed by atoms with Crippen LogP contribution in [-0.4, -0.2) is 21.9 Å². The maximum Gasteiger partial charge on any atom is 0.265 e. The average molecular weight is 298 g/mol. The van der Waals surface area contributed by atoms with Crippen molar-refractivity contribution in [2.45, 2.75) is 18.4 Å². The second kappa shape index (κ2) is 4.99. The molecule has 0 fully saturated rings. The summed E-state index contributed by atoms with van der Waals surface area (Å²) in [5, 5.41) is 2.78. The minimum Gasteiger partial charge on any atom is -0.364 e. The molecule has 1 aromatic heterocycles. The molecule has 0 saturated carbocycles. The first-order chi connectivity index (χ1) is 10.4. The van der Waals surface area contributed by atoms with Crippen molar-refractivity contribution in [1.29, 1.82) is 0 Å². The lowest BCUT2D eigenvalue weighted by Gasteiger charge is -2.22. The van der Waals surface area contributed by atoms with Crippen LogP contribution in [0.1, 0.15) is 21.6 Å². The SMILES string of the molecule is Cn1cc(NC(=O)C2(N)Cc3ccccc3C2)cc1C(N)=O. The molecule has 0 saturated heterocycles. The third-order valence-corrected chi connectivity index (χ3v) is 4.10. The van der Waals surface area contributed by atoms with E-state index < -0.39 is 11.4 Å². The number of nitrogens with zero attached hydrogens (tertiary/aromatic N) is 1. The molecule has 6 nitrogen and oxygen atoms in total. The molecule has 1 heterocycles. The van der Waals surface area contributed by atoms with Gasteiger partial charge in [0, 0.05) is 13.2 Å². The van der Waals surface area contributed by atoms with Crippen LogP contribution in [0.5, 0.6) is 0 Å². The lowest BCUT2D eigenvalue weighted by Crippen LogP contribution is -2.52. The zero-order valence-electron chi connectivity index (χ0n) is 12.3. The predicted octanol–water partition coefficient (Wildman–Crippen LogP) is 0.559. The van der Waals surface area contributed by atoms with E-state index in [1.165, 1.54) is 0 Å². The highest BCUT2D eigenvalue weighted by Crippen LogP contribution is 2.29. The Balaban J connectivity index is 1.78. The predicted molar refractivity (Wildman–Crippen MR) is 83.3 cm³/mol. The fourth-order valence-electron chi connectivity index (χ4n) is 2.94. The van der Waals surface area contributed by atoms with Gasteiger partial charge in [0.25, 0.3) is 5.91 Å². The molecule has 0 bridgehead atoms. The van der Waals surface area contributed by atoms with Gasteiger partial charge in [0.1, 0.15) is 11.2 Å². The summed E-state index contributed by atoms with van der Waals surface area (Å²) in [6.07, 6.45) is 2.65. The number of nitrogens with two attached hydrogens (primary N) is 2. The van der Waals surface area contributed by atoms with Gasteiger partial charge in [-0.3, -0.25) is 9.59 Å². The van der Waals surface area contributed by atoms with Crippen LogP contribution in [0.2, 0.25) is 0 Å². The molecule has 1 aromatic carbocycles. The third kappa shape index (κ3) is 2.37. The molecule has 0 unspecified atom stereocenters. The zero-order valence-corrected chi connectivity index (χ0v) is 12.3. The van der Waals surface area contributed by atoms with E-state index in [4.69, 9.17) is 11.5 Å². The zero-order chi connectivity index (χ0) is 15.9. The third-order valence-electron chi connectivity index (χ3n) is 4.10. The number of nitrogens with one attached hydrogen (secondary N) is 1. The highest BCUT2D eigenvalue weighted by molar-refractivity contribution is 6.00. The Bertz CT molecular complexity index is 738. The summed E-state index contributed by atoms with van der Waals surface area (Å²) in [5.74, 6) is -0.802. The average Bonchev–Trinajstić information content (AvgIpc) is 2.98. The number of hydrogen-bond donors (Lipinski definition) is 3. The molecule has 2 amide bonds. The summed E-state index contributed by atoms with van der Waals surface area (Å²) in [6, 6.07) is 9.42. The van der Waals surface area contributed by atoms with Crippen LogP contribution >= 0.6 is 0 Å². The number of carbonyl (C=O) groups excluding carboxylic acids is 2. The van der Waals surface area contributed by atoms with E-state index >= 15 is 0 Å². The molecular formula is C16H18N4O2. The van der Waals surface area contributed by atoms with E-state index in [2.05, 4.69) is 5.32 Å². The molecule has 3 rings (SSSR count). The molecule has 5 N–H and O–H groups in total. The Morgan fingerprint density at radius 1 is 1.23 bits per heavy atom. The van der Waals surface area contributed by atoms with E-state index in [0.717, 1.165) is 11.1 Å². The van der Waals surface area contributed by atoms with Crippen LogP contribution in [0, 0.1) is 0 Å². The lowest BCUT2D eigenvalue weighted by atomic mass is 9.96. The van der Waals surface area contributed by atoms with Crippen molar-refractivity contribution < 1.29 is 9.59 Å². The largest absolute Gasteiger partial charge is 0.364 e. The van der Waals surface area contributed by atoms with Crippen molar-refractivity contribution in [1.82, 2.24) is 4.57 Å². The number of aryl methyl sites for hydroxylation is 1. The van der Waals surface area contributed by atoms with Gasteiger partial charge in [0.15, 0.2) is 0 Å². The number of benzene rings is 1. The molecule has 1 aliphatic carbocycles. The van der Waals surface area contributed by atoms with Crippen molar-refractivity contribution in [3.05, 3.63) is 53.3 Å². The van der Waals surface area contributed by atoms with Crippen LogP contribution in [0.3, 0.4) is 0 Å². The highest BCUT2D eigenvalue weighted by Gasteiger charge is 2.40. The number of fused-ring (bicyclic) bond motifs is 1. The fourth-order valence-corrected chi connectivity index (χ4v) is 2.94. The van der Waals surface area contributed by atoms with Gasteiger partial charge >= 0.3 is 0 Å². The smallest absolute Gasteiger partial charge is 0.265 e. The minimum atomic E-state index is -0.966. The molecule has 22 heavy (non-hydrogen) atoms. The van der Waals surface area contributed by atoms with E-state index in [-0.39, 0.29) is 5.91 Å². The molecule has 2 aromatic rings. The van der Waals surface area contributed by atoms with Crippen LogP contribution in [0.4, 0.5) is 5.69 Å². The van der Waals surface area contributed by atoms with Gasteiger partial charge in [0.2, 0.25) is 5.91 Å². The summed E-state index contributed by atoms with van der Waals surface area (Å²) in [7, 11) is 1.69. The van der Waals surface area contributed by atoms with Crippen molar-refractivity contribution >= 4 is 17.5 Å². The van der Waals surface area contributed by atoms with Gasteiger partial charge in [-0.25, -0.2) is 0 Å². The normalized spacial score (nSPS) is 15.4. The first-order valence-corrected chi connectivity index (χ1v) is 7.02. The number of aromatic nitrogens is 1. The Morgan fingerprint density at radius 2 is 1.82 bits per heavy atom. The van der Waals surface area contributed by atoms with E-state index in [9.17, 15) is 9.59 Å². The number of primary amides is 1. The quantitative estimate of drug-likeness (QED) is 0.771. The van der Waals surface area contributed by atoms with Gasteiger partial charge in [-0.2, -0.15) is 0 Å². The number of hydrogen-bond acceptors (Lipinski definition) is 3. The second-order valence-electron chi connectivity index (χ2n) is 5.82. The molecule has 0 aliphatic heterocycles. The molecule has 1 aliphatic rings. The second-order valence-corrected chi connectivity index (χ2v) is 5.82. The van der Waals surface area contributed by atoms with Crippen LogP contribution < -0.4 is 16.8 Å². The molecule has 6 heteroatoms. The highest BCUT2D eigenvalue weighted by atomic mass is 16.2. The van der Waals surface area contributed by atoms with Crippen molar-refractivity contribution in [2.75, 3.05) is 5.32 Å². The van der Waals surface area contributed by atoms with Crippen LogP contribution in [-0.2, 0) is 24.7 Å². The Hall–Kier alpha value is -2.60. The molecule has 0 radical (unpaired) electrons. The summed E-state index contributed by atoms with van der Waals surface area (Å²) >= 11 is 0. The topological polar surface area (TPSA) is 103 Å². The van der Waals surface area contributed by atoms with Crippen LogP contribution in [0.15, 0.2) is 36.5 Å². The van der Waals surface area contributed by atoms with E-state index in [1.54, 1.807) is 23.9 Å². The van der Waals surface area contributed by atoms with Crippen molar-refractivity contribution in [2.24, 2.45) is 18.5 Å². The Labute approximate surface area is 128 Å². The summed E-state index contributed by atoms with van der Waals surface area (Å²) in [6.45, 7) is 0. The fraction of sp³-hybridized carbons (Fsp3) is 0.250.